The second-order valence-corrected chi connectivity index (χ2v) is 6.32. The third-order valence-corrected chi connectivity index (χ3v) is 4.67. The van der Waals surface area contributed by atoms with Crippen LogP contribution in [0.3, 0.4) is 0 Å². The van der Waals surface area contributed by atoms with Gasteiger partial charge in [0.15, 0.2) is 0 Å². The average Bonchev–Trinajstić information content (AvgIpc) is 2.73. The Balaban J connectivity index is 1.77. The van der Waals surface area contributed by atoms with Gasteiger partial charge in [-0.2, -0.15) is 0 Å². The van der Waals surface area contributed by atoms with Crippen molar-refractivity contribution < 1.29 is 4.39 Å². The molecule has 0 aliphatic heterocycles. The summed E-state index contributed by atoms with van der Waals surface area (Å²) >= 11 is 0. The molecule has 0 radical (unpaired) electrons. The number of benzene rings is 3. The van der Waals surface area contributed by atoms with E-state index in [1.54, 1.807) is 18.5 Å². The first-order chi connectivity index (χ1) is 13.3. The van der Waals surface area contributed by atoms with Crippen LogP contribution < -0.4 is 0 Å². The predicted molar refractivity (Wildman–Crippen MR) is 106 cm³/mol. The summed E-state index contributed by atoms with van der Waals surface area (Å²) in [6.45, 7) is 0. The molecule has 0 aliphatic carbocycles. The van der Waals surface area contributed by atoms with Crippen molar-refractivity contribution in [2.24, 2.45) is 0 Å². The molecule has 0 N–H and O–H groups in total. The fourth-order valence-corrected chi connectivity index (χ4v) is 3.35. The zero-order valence-corrected chi connectivity index (χ0v) is 14.3. The number of hydrogen-bond donors (Lipinski definition) is 0. The summed E-state index contributed by atoms with van der Waals surface area (Å²) in [4.78, 5) is 13.7. The van der Waals surface area contributed by atoms with Crippen molar-refractivity contribution in [3.8, 4) is 22.5 Å². The van der Waals surface area contributed by atoms with Gasteiger partial charge in [0, 0.05) is 11.1 Å². The van der Waals surface area contributed by atoms with Gasteiger partial charge in [-0.25, -0.2) is 19.3 Å². The Labute approximate surface area is 155 Å². The molecule has 0 saturated heterocycles. The van der Waals surface area contributed by atoms with Gasteiger partial charge in [0.2, 0.25) is 0 Å². The van der Waals surface area contributed by atoms with E-state index in [1.807, 2.05) is 30.3 Å². The van der Waals surface area contributed by atoms with E-state index in [4.69, 9.17) is 4.98 Å². The molecule has 0 atom stereocenters. The summed E-state index contributed by atoms with van der Waals surface area (Å²) in [7, 11) is 0. The molecule has 3 nitrogen and oxygen atoms in total. The number of pyridine rings is 1. The van der Waals surface area contributed by atoms with E-state index in [9.17, 15) is 4.39 Å². The van der Waals surface area contributed by atoms with Crippen molar-refractivity contribution in [1.29, 1.82) is 0 Å². The minimum Gasteiger partial charge on any atom is -0.244 e. The lowest BCUT2D eigenvalue weighted by atomic mass is 10.0. The van der Waals surface area contributed by atoms with E-state index in [2.05, 4.69) is 34.2 Å². The Morgan fingerprint density at radius 2 is 1.52 bits per heavy atom. The summed E-state index contributed by atoms with van der Waals surface area (Å²) < 4.78 is 13.2. The van der Waals surface area contributed by atoms with Gasteiger partial charge < -0.3 is 0 Å². The summed E-state index contributed by atoms with van der Waals surface area (Å²) in [6.07, 6.45) is 1.57. The van der Waals surface area contributed by atoms with Crippen LogP contribution in [0.1, 0.15) is 0 Å². The third kappa shape index (κ3) is 2.72. The quantitative estimate of drug-likeness (QED) is 0.412. The second kappa shape index (κ2) is 6.25. The van der Waals surface area contributed by atoms with Gasteiger partial charge in [-0.3, -0.25) is 0 Å². The summed E-state index contributed by atoms with van der Waals surface area (Å²) in [5, 5.41) is 2.27. The Morgan fingerprint density at radius 1 is 0.704 bits per heavy atom. The molecular formula is C23H14FN3. The third-order valence-electron chi connectivity index (χ3n) is 4.67. The van der Waals surface area contributed by atoms with Crippen molar-refractivity contribution in [2.45, 2.75) is 0 Å². The van der Waals surface area contributed by atoms with Crippen LogP contribution in [-0.4, -0.2) is 15.0 Å². The predicted octanol–water partition coefficient (Wildman–Crippen LogP) is 5.65. The van der Waals surface area contributed by atoms with E-state index in [1.165, 1.54) is 12.1 Å². The smallest absolute Gasteiger partial charge is 0.123 e. The van der Waals surface area contributed by atoms with Gasteiger partial charge in [0.25, 0.3) is 0 Å². The highest BCUT2D eigenvalue weighted by Gasteiger charge is 2.12. The molecule has 0 unspecified atom stereocenters. The van der Waals surface area contributed by atoms with Crippen LogP contribution in [0.25, 0.3) is 44.3 Å². The molecular weight excluding hydrogens is 337 g/mol. The standard InChI is InChI=1S/C23H14FN3/c24-17-10-8-16(9-11-17)20-12-13-21-23(27-20)22(26-14-25-21)19-7-3-5-15-4-1-2-6-18(15)19/h1-14H. The molecule has 3 aromatic carbocycles. The fraction of sp³-hybridized carbons (Fsp3) is 0. The first kappa shape index (κ1) is 15.6. The monoisotopic (exact) mass is 351 g/mol. The second-order valence-electron chi connectivity index (χ2n) is 6.32. The highest BCUT2D eigenvalue weighted by Crippen LogP contribution is 2.31. The molecule has 0 aliphatic rings. The first-order valence-electron chi connectivity index (χ1n) is 8.65. The molecule has 0 amide bonds. The fourth-order valence-electron chi connectivity index (χ4n) is 3.35. The SMILES string of the molecule is Fc1ccc(-c2ccc3ncnc(-c4cccc5ccccc45)c3n2)cc1. The first-order valence-corrected chi connectivity index (χ1v) is 8.65. The maximum Gasteiger partial charge on any atom is 0.123 e. The Morgan fingerprint density at radius 3 is 2.41 bits per heavy atom. The molecule has 0 bridgehead atoms. The number of halogens is 1. The lowest BCUT2D eigenvalue weighted by molar-refractivity contribution is 0.628. The lowest BCUT2D eigenvalue weighted by Crippen LogP contribution is -1.94. The summed E-state index contributed by atoms with van der Waals surface area (Å²) in [6, 6.07) is 24.5. The number of fused-ring (bicyclic) bond motifs is 2. The van der Waals surface area contributed by atoms with Crippen molar-refractivity contribution in [3.63, 3.8) is 0 Å². The minimum absolute atomic E-state index is 0.265. The van der Waals surface area contributed by atoms with Gasteiger partial charge in [0.05, 0.1) is 11.2 Å². The highest BCUT2D eigenvalue weighted by atomic mass is 19.1. The molecule has 0 spiro atoms. The van der Waals surface area contributed by atoms with E-state index in [-0.39, 0.29) is 5.82 Å². The normalized spacial score (nSPS) is 11.1. The molecule has 0 saturated carbocycles. The number of aromatic nitrogens is 3. The summed E-state index contributed by atoms with van der Waals surface area (Å²) in [5.74, 6) is -0.265. The van der Waals surface area contributed by atoms with E-state index in [0.717, 1.165) is 44.3 Å². The Bertz CT molecular complexity index is 1270. The largest absolute Gasteiger partial charge is 0.244 e. The Kier molecular flexibility index (Phi) is 3.61. The maximum atomic E-state index is 13.2. The maximum absolute atomic E-state index is 13.2. The van der Waals surface area contributed by atoms with Gasteiger partial charge >= 0.3 is 0 Å². The van der Waals surface area contributed by atoms with Crippen molar-refractivity contribution in [1.82, 2.24) is 15.0 Å². The average molecular weight is 351 g/mol. The lowest BCUT2D eigenvalue weighted by Gasteiger charge is -2.09. The van der Waals surface area contributed by atoms with Gasteiger partial charge in [-0.1, -0.05) is 42.5 Å². The van der Waals surface area contributed by atoms with Gasteiger partial charge in [0.1, 0.15) is 23.4 Å². The molecule has 5 aromatic rings. The van der Waals surface area contributed by atoms with Crippen molar-refractivity contribution in [2.75, 3.05) is 0 Å². The van der Waals surface area contributed by atoms with E-state index < -0.39 is 0 Å². The molecule has 2 aromatic heterocycles. The van der Waals surface area contributed by atoms with Crippen LogP contribution in [0.15, 0.2) is 85.2 Å². The topological polar surface area (TPSA) is 38.7 Å². The molecule has 128 valence electrons. The molecule has 2 heterocycles. The van der Waals surface area contributed by atoms with Crippen molar-refractivity contribution in [3.05, 3.63) is 91.0 Å². The van der Waals surface area contributed by atoms with E-state index >= 15 is 0 Å². The van der Waals surface area contributed by atoms with Crippen LogP contribution in [0.2, 0.25) is 0 Å². The zero-order valence-electron chi connectivity index (χ0n) is 14.3. The molecule has 5 rings (SSSR count). The molecule has 4 heteroatoms. The molecule has 0 fully saturated rings. The molecule has 27 heavy (non-hydrogen) atoms. The highest BCUT2D eigenvalue weighted by molar-refractivity contribution is 6.01. The van der Waals surface area contributed by atoms with Crippen LogP contribution in [0, 0.1) is 5.82 Å². The number of nitrogens with zero attached hydrogens (tertiary/aromatic N) is 3. The van der Waals surface area contributed by atoms with Crippen LogP contribution >= 0.6 is 0 Å². The van der Waals surface area contributed by atoms with Crippen LogP contribution in [-0.2, 0) is 0 Å². The Hall–Kier alpha value is -3.66. The van der Waals surface area contributed by atoms with Crippen molar-refractivity contribution >= 4 is 21.8 Å². The zero-order chi connectivity index (χ0) is 18.2. The number of hydrogen-bond acceptors (Lipinski definition) is 3. The summed E-state index contributed by atoms with van der Waals surface area (Å²) in [5.41, 5.74) is 4.93. The van der Waals surface area contributed by atoms with Crippen LogP contribution in [0.5, 0.6) is 0 Å². The van der Waals surface area contributed by atoms with Gasteiger partial charge in [-0.05, 0) is 47.2 Å². The van der Waals surface area contributed by atoms with Gasteiger partial charge in [-0.15, -0.1) is 0 Å². The number of rotatable bonds is 2. The van der Waals surface area contributed by atoms with E-state index in [0.29, 0.717) is 0 Å². The minimum atomic E-state index is -0.265. The van der Waals surface area contributed by atoms with Crippen LogP contribution in [0.4, 0.5) is 4.39 Å².